The normalized spacial score (nSPS) is 18.7. The molecule has 1 aromatic heterocycles. The van der Waals surface area contributed by atoms with E-state index in [4.69, 9.17) is 23.2 Å². The third kappa shape index (κ3) is 7.72. The summed E-state index contributed by atoms with van der Waals surface area (Å²) >= 11 is 12.6. The lowest BCUT2D eigenvalue weighted by Gasteiger charge is -2.29. The maximum atomic E-state index is 12.0. The SMILES string of the molecule is C=C/C=C\C.CN(C)S(=O)(=O)NC1CCC(c2[nH]nc(-c3cccc(Cl)c3)c2Cl)CC1.O. The highest BCUT2D eigenvalue weighted by molar-refractivity contribution is 7.87. The van der Waals surface area contributed by atoms with Gasteiger partial charge in [0.25, 0.3) is 10.2 Å². The van der Waals surface area contributed by atoms with Crippen LogP contribution < -0.4 is 4.72 Å². The van der Waals surface area contributed by atoms with Gasteiger partial charge in [-0.2, -0.15) is 22.5 Å². The van der Waals surface area contributed by atoms with Crippen LogP contribution in [0.3, 0.4) is 0 Å². The summed E-state index contributed by atoms with van der Waals surface area (Å²) in [5.74, 6) is 0.239. The van der Waals surface area contributed by atoms with Crippen LogP contribution in [0.25, 0.3) is 11.3 Å². The zero-order valence-corrected chi connectivity index (χ0v) is 20.9. The minimum Gasteiger partial charge on any atom is -0.412 e. The highest BCUT2D eigenvalue weighted by Crippen LogP contribution is 2.39. The summed E-state index contributed by atoms with van der Waals surface area (Å²) in [7, 11) is -0.352. The van der Waals surface area contributed by atoms with E-state index in [0.29, 0.717) is 15.7 Å². The smallest absolute Gasteiger partial charge is 0.279 e. The monoisotopic (exact) mass is 502 g/mol. The fourth-order valence-corrected chi connectivity index (χ4v) is 4.80. The Labute approximate surface area is 201 Å². The lowest BCUT2D eigenvalue weighted by Crippen LogP contribution is -2.43. The van der Waals surface area contributed by atoms with E-state index in [2.05, 4.69) is 21.5 Å². The lowest BCUT2D eigenvalue weighted by atomic mass is 9.84. The minimum absolute atomic E-state index is 0. The summed E-state index contributed by atoms with van der Waals surface area (Å²) in [6, 6.07) is 7.38. The number of nitrogens with zero attached hydrogens (tertiary/aromatic N) is 2. The van der Waals surface area contributed by atoms with E-state index < -0.39 is 10.2 Å². The Morgan fingerprint density at radius 1 is 1.22 bits per heavy atom. The number of H-pyrrole nitrogens is 1. The summed E-state index contributed by atoms with van der Waals surface area (Å²) < 4.78 is 27.9. The van der Waals surface area contributed by atoms with Crippen LogP contribution in [0.5, 0.6) is 0 Å². The predicted octanol–water partition coefficient (Wildman–Crippen LogP) is 4.73. The molecular weight excluding hydrogens is 471 g/mol. The average molecular weight is 503 g/mol. The molecule has 1 fully saturated rings. The number of benzene rings is 1. The van der Waals surface area contributed by atoms with Gasteiger partial charge in [0.1, 0.15) is 5.69 Å². The van der Waals surface area contributed by atoms with E-state index in [9.17, 15) is 8.42 Å². The molecule has 1 saturated carbocycles. The minimum atomic E-state index is -3.40. The summed E-state index contributed by atoms with van der Waals surface area (Å²) in [5, 5.41) is 8.69. The van der Waals surface area contributed by atoms with E-state index in [1.54, 1.807) is 6.08 Å². The molecule has 32 heavy (non-hydrogen) atoms. The molecule has 0 bridgehead atoms. The largest absolute Gasteiger partial charge is 0.412 e. The van der Waals surface area contributed by atoms with Crippen molar-refractivity contribution < 1.29 is 13.9 Å². The van der Waals surface area contributed by atoms with Crippen molar-refractivity contribution in [1.82, 2.24) is 19.2 Å². The summed E-state index contributed by atoms with van der Waals surface area (Å²) in [6.45, 7) is 5.42. The first-order chi connectivity index (χ1) is 14.7. The predicted molar refractivity (Wildman–Crippen MR) is 133 cm³/mol. The fraction of sp³-hybridized carbons (Fsp3) is 0.409. The van der Waals surface area contributed by atoms with Crippen molar-refractivity contribution in [3.63, 3.8) is 0 Å². The molecule has 1 aliphatic carbocycles. The Morgan fingerprint density at radius 3 is 2.38 bits per heavy atom. The molecule has 0 radical (unpaired) electrons. The number of hydrogen-bond donors (Lipinski definition) is 2. The molecule has 0 unspecified atom stereocenters. The maximum Gasteiger partial charge on any atom is 0.279 e. The highest BCUT2D eigenvalue weighted by Gasteiger charge is 2.29. The van der Waals surface area contributed by atoms with Crippen LogP contribution >= 0.6 is 23.2 Å². The first kappa shape index (κ1) is 28.4. The first-order valence-electron chi connectivity index (χ1n) is 10.1. The van der Waals surface area contributed by atoms with Crippen LogP contribution in [0.1, 0.15) is 44.2 Å². The molecular formula is C22H32Cl2N4O3S. The first-order valence-corrected chi connectivity index (χ1v) is 12.3. The number of allylic oxidation sites excluding steroid dienone is 3. The number of rotatable bonds is 6. The van der Waals surface area contributed by atoms with Crippen LogP contribution in [0, 0.1) is 0 Å². The second-order valence-electron chi connectivity index (χ2n) is 7.53. The zero-order chi connectivity index (χ0) is 23.0. The molecule has 1 heterocycles. The molecule has 178 valence electrons. The van der Waals surface area contributed by atoms with Crippen molar-refractivity contribution in [3.05, 3.63) is 64.8 Å². The molecule has 0 amide bonds. The van der Waals surface area contributed by atoms with Crippen LogP contribution in [-0.4, -0.2) is 48.5 Å². The van der Waals surface area contributed by atoms with Gasteiger partial charge in [0.2, 0.25) is 0 Å². The molecule has 0 spiro atoms. The van der Waals surface area contributed by atoms with Crippen LogP contribution in [0.2, 0.25) is 10.0 Å². The van der Waals surface area contributed by atoms with Gasteiger partial charge in [-0.15, -0.1) is 0 Å². The molecule has 4 N–H and O–H groups in total. The van der Waals surface area contributed by atoms with E-state index in [1.165, 1.54) is 18.4 Å². The standard InChI is InChI=1S/C17H22Cl2N4O2S.C5H8.H2O/c1-23(2)26(24,25)22-14-8-6-11(7-9-14)16-15(19)17(21-20-16)12-4-3-5-13(18)10-12;1-3-5-4-2;/h3-5,10-11,14,22H,6-9H2,1-2H3,(H,20,21);3-5H,1H2,2H3;1H2/b;5-4-;. The van der Waals surface area contributed by atoms with E-state index in [-0.39, 0.29) is 17.4 Å². The molecule has 1 aliphatic rings. The van der Waals surface area contributed by atoms with Gasteiger partial charge in [0, 0.05) is 36.6 Å². The summed E-state index contributed by atoms with van der Waals surface area (Å²) in [5.41, 5.74) is 2.48. The summed E-state index contributed by atoms with van der Waals surface area (Å²) in [4.78, 5) is 0. The Morgan fingerprint density at radius 2 is 1.88 bits per heavy atom. The van der Waals surface area contributed by atoms with E-state index in [0.717, 1.165) is 36.9 Å². The average Bonchev–Trinajstić information content (AvgIpc) is 3.11. The van der Waals surface area contributed by atoms with Gasteiger partial charge in [0.05, 0.1) is 10.7 Å². The number of aromatic amines is 1. The molecule has 0 atom stereocenters. The van der Waals surface area contributed by atoms with Crippen molar-refractivity contribution in [3.8, 4) is 11.3 Å². The number of hydrogen-bond acceptors (Lipinski definition) is 3. The van der Waals surface area contributed by atoms with Gasteiger partial charge in [-0.1, -0.05) is 60.1 Å². The van der Waals surface area contributed by atoms with Gasteiger partial charge in [-0.05, 0) is 44.7 Å². The molecule has 0 aliphatic heterocycles. The van der Waals surface area contributed by atoms with Crippen molar-refractivity contribution in [2.24, 2.45) is 0 Å². The van der Waals surface area contributed by atoms with Crippen LogP contribution in [-0.2, 0) is 10.2 Å². The van der Waals surface area contributed by atoms with E-state index >= 15 is 0 Å². The molecule has 1 aromatic carbocycles. The summed E-state index contributed by atoms with van der Waals surface area (Å²) in [6.07, 6.45) is 8.79. The van der Waals surface area contributed by atoms with Gasteiger partial charge in [-0.25, -0.2) is 0 Å². The second-order valence-corrected chi connectivity index (χ2v) is 10.3. The Kier molecular flexibility index (Phi) is 11.6. The lowest BCUT2D eigenvalue weighted by molar-refractivity contribution is 0.363. The quantitative estimate of drug-likeness (QED) is 0.556. The van der Waals surface area contributed by atoms with Gasteiger partial charge < -0.3 is 5.48 Å². The Hall–Kier alpha value is -1.68. The number of aromatic nitrogens is 2. The van der Waals surface area contributed by atoms with Crippen molar-refractivity contribution >= 4 is 33.4 Å². The Bertz CT molecular complexity index is 998. The topological polar surface area (TPSA) is 110 Å². The zero-order valence-electron chi connectivity index (χ0n) is 18.6. The van der Waals surface area contributed by atoms with Crippen molar-refractivity contribution in [1.29, 1.82) is 0 Å². The third-order valence-electron chi connectivity index (χ3n) is 5.09. The molecule has 10 heteroatoms. The van der Waals surface area contributed by atoms with Crippen molar-refractivity contribution in [2.45, 2.75) is 44.6 Å². The Balaban J connectivity index is 0.000000770. The van der Waals surface area contributed by atoms with Crippen LogP contribution in [0.15, 0.2) is 49.1 Å². The molecule has 7 nitrogen and oxygen atoms in total. The highest BCUT2D eigenvalue weighted by atomic mass is 35.5. The maximum absolute atomic E-state index is 12.0. The van der Waals surface area contributed by atoms with Crippen LogP contribution in [0.4, 0.5) is 0 Å². The number of halogens is 2. The van der Waals surface area contributed by atoms with Gasteiger partial charge in [0.15, 0.2) is 0 Å². The van der Waals surface area contributed by atoms with Crippen molar-refractivity contribution in [2.75, 3.05) is 14.1 Å². The van der Waals surface area contributed by atoms with E-state index in [1.807, 2.05) is 43.3 Å². The second kappa shape index (κ2) is 13.1. The molecule has 3 rings (SSSR count). The van der Waals surface area contributed by atoms with Gasteiger partial charge in [-0.3, -0.25) is 5.10 Å². The molecule has 2 aromatic rings. The number of nitrogens with one attached hydrogen (secondary N) is 2. The fourth-order valence-electron chi connectivity index (χ4n) is 3.39. The van der Waals surface area contributed by atoms with Gasteiger partial charge >= 0.3 is 0 Å². The third-order valence-corrected chi connectivity index (χ3v) is 7.30. The molecule has 0 saturated heterocycles.